The number of likely N-dealkylation sites (N-methyl/N-ethyl adjacent to an activating group) is 1. The first-order valence-corrected chi connectivity index (χ1v) is 13.1. The van der Waals surface area contributed by atoms with Crippen molar-refractivity contribution in [2.24, 2.45) is 0 Å². The molecule has 0 spiro atoms. The molecule has 5 rings (SSSR count). The lowest BCUT2D eigenvalue weighted by atomic mass is 10.0. The standard InChI is InChI=1S/C30H30F3N5O3/c1-37-10-12-38(13-11-37)17-21-6-7-22(15-27(21)30(31,32)33)36-29(39)26-5-3-4-20-14-24(8-9-25(20)26)41-28-16-23(18-40-2)34-19-35-28/h3-9,14-16,19H,10-13,17-18H2,1-2H3,(H,36,39). The number of nitrogens with zero attached hydrogens (tertiary/aromatic N) is 4. The Morgan fingerprint density at radius 1 is 1.00 bits per heavy atom. The molecule has 0 saturated carbocycles. The van der Waals surface area contributed by atoms with Gasteiger partial charge in [-0.15, -0.1) is 0 Å². The Kier molecular flexibility index (Phi) is 8.48. The maximum atomic E-state index is 14.0. The third-order valence-corrected chi connectivity index (χ3v) is 6.97. The molecule has 0 bridgehead atoms. The first-order valence-electron chi connectivity index (χ1n) is 13.1. The summed E-state index contributed by atoms with van der Waals surface area (Å²) in [4.78, 5) is 25.6. The number of methoxy groups -OCH3 is 1. The van der Waals surface area contributed by atoms with Crippen molar-refractivity contribution in [3.8, 4) is 11.6 Å². The second-order valence-electron chi connectivity index (χ2n) is 9.97. The van der Waals surface area contributed by atoms with E-state index in [1.807, 2.05) is 18.0 Å². The van der Waals surface area contributed by atoms with Gasteiger partial charge in [0.1, 0.15) is 12.1 Å². The van der Waals surface area contributed by atoms with Crippen LogP contribution in [0.2, 0.25) is 0 Å². The number of nitrogens with one attached hydrogen (secondary N) is 1. The Morgan fingerprint density at radius 3 is 2.56 bits per heavy atom. The predicted octanol–water partition coefficient (Wildman–Crippen LogP) is 5.59. The summed E-state index contributed by atoms with van der Waals surface area (Å²) in [6, 6.07) is 16.0. The van der Waals surface area contributed by atoms with Gasteiger partial charge in [-0.3, -0.25) is 9.69 Å². The van der Waals surface area contributed by atoms with Gasteiger partial charge in [0.05, 0.1) is 17.9 Å². The summed E-state index contributed by atoms with van der Waals surface area (Å²) in [5, 5.41) is 4.00. The highest BCUT2D eigenvalue weighted by Crippen LogP contribution is 2.35. The molecule has 214 valence electrons. The molecule has 41 heavy (non-hydrogen) atoms. The molecule has 0 unspecified atom stereocenters. The van der Waals surface area contributed by atoms with E-state index in [0.29, 0.717) is 48.0 Å². The van der Waals surface area contributed by atoms with Crippen molar-refractivity contribution in [2.75, 3.05) is 45.7 Å². The number of halogens is 3. The SMILES string of the molecule is COCc1cc(Oc2ccc3c(C(=O)Nc4ccc(CN5CCN(C)CC5)c(C(F)(F)F)c4)cccc3c2)ncn1. The largest absolute Gasteiger partial charge is 0.439 e. The molecular weight excluding hydrogens is 535 g/mol. The molecule has 8 nitrogen and oxygen atoms in total. The van der Waals surface area contributed by atoms with Crippen LogP contribution in [0.15, 0.2) is 67.0 Å². The number of aromatic nitrogens is 2. The average Bonchev–Trinajstić information content (AvgIpc) is 2.94. The Balaban J connectivity index is 1.34. The topological polar surface area (TPSA) is 79.8 Å². The predicted molar refractivity (Wildman–Crippen MR) is 149 cm³/mol. The average molecular weight is 566 g/mol. The van der Waals surface area contributed by atoms with E-state index in [1.165, 1.54) is 18.5 Å². The number of rotatable bonds is 8. The molecule has 1 aromatic heterocycles. The minimum Gasteiger partial charge on any atom is -0.439 e. The van der Waals surface area contributed by atoms with E-state index in [1.54, 1.807) is 43.5 Å². The molecule has 1 aliphatic heterocycles. The van der Waals surface area contributed by atoms with Crippen molar-refractivity contribution in [1.82, 2.24) is 19.8 Å². The van der Waals surface area contributed by atoms with Gasteiger partial charge >= 0.3 is 6.18 Å². The number of anilines is 1. The molecule has 1 amide bonds. The number of ether oxygens (including phenoxy) is 2. The first-order chi connectivity index (χ1) is 19.7. The van der Waals surface area contributed by atoms with Crippen LogP contribution in [-0.2, 0) is 24.1 Å². The van der Waals surface area contributed by atoms with E-state index in [2.05, 4.69) is 20.2 Å². The van der Waals surface area contributed by atoms with Crippen LogP contribution in [0.25, 0.3) is 10.8 Å². The minimum atomic E-state index is -4.55. The molecule has 2 heterocycles. The molecule has 0 radical (unpaired) electrons. The number of piperazine rings is 1. The molecule has 1 N–H and O–H groups in total. The zero-order valence-corrected chi connectivity index (χ0v) is 22.7. The number of hydrogen-bond donors (Lipinski definition) is 1. The van der Waals surface area contributed by atoms with Crippen molar-refractivity contribution in [3.63, 3.8) is 0 Å². The second kappa shape index (κ2) is 12.2. The van der Waals surface area contributed by atoms with Gasteiger partial charge in [-0.25, -0.2) is 9.97 Å². The summed E-state index contributed by atoms with van der Waals surface area (Å²) in [7, 11) is 3.57. The molecule has 3 aromatic carbocycles. The summed E-state index contributed by atoms with van der Waals surface area (Å²) >= 11 is 0. The fourth-order valence-electron chi connectivity index (χ4n) is 4.80. The highest BCUT2D eigenvalue weighted by Gasteiger charge is 2.34. The molecule has 0 atom stereocenters. The minimum absolute atomic E-state index is 0.0806. The zero-order valence-electron chi connectivity index (χ0n) is 22.7. The normalized spacial score (nSPS) is 14.8. The van der Waals surface area contributed by atoms with Crippen LogP contribution in [0.1, 0.15) is 27.2 Å². The fraction of sp³-hybridized carbons (Fsp3) is 0.300. The summed E-state index contributed by atoms with van der Waals surface area (Å²) in [5.41, 5.74) is 0.520. The van der Waals surface area contributed by atoms with Crippen LogP contribution in [0.5, 0.6) is 11.6 Å². The Morgan fingerprint density at radius 2 is 1.80 bits per heavy atom. The number of alkyl halides is 3. The highest BCUT2D eigenvalue weighted by molar-refractivity contribution is 6.13. The Bertz CT molecular complexity index is 1540. The van der Waals surface area contributed by atoms with Crippen molar-refractivity contribution >= 4 is 22.4 Å². The van der Waals surface area contributed by atoms with Gasteiger partial charge in [0.25, 0.3) is 5.91 Å². The van der Waals surface area contributed by atoms with Crippen molar-refractivity contribution in [3.05, 3.63) is 89.4 Å². The van der Waals surface area contributed by atoms with Crippen LogP contribution in [0.3, 0.4) is 0 Å². The smallest absolute Gasteiger partial charge is 0.416 e. The quantitative estimate of drug-likeness (QED) is 0.299. The maximum Gasteiger partial charge on any atom is 0.416 e. The number of fused-ring (bicyclic) bond motifs is 1. The van der Waals surface area contributed by atoms with Crippen molar-refractivity contribution in [2.45, 2.75) is 19.3 Å². The van der Waals surface area contributed by atoms with Gasteiger partial charge < -0.3 is 19.7 Å². The Labute approximate surface area is 235 Å². The number of amides is 1. The van der Waals surface area contributed by atoms with Gasteiger partial charge in [-0.05, 0) is 59.8 Å². The van der Waals surface area contributed by atoms with Gasteiger partial charge in [0.2, 0.25) is 5.88 Å². The van der Waals surface area contributed by atoms with Gasteiger partial charge in [-0.2, -0.15) is 13.2 Å². The van der Waals surface area contributed by atoms with E-state index in [0.717, 1.165) is 24.5 Å². The van der Waals surface area contributed by atoms with E-state index in [4.69, 9.17) is 9.47 Å². The zero-order chi connectivity index (χ0) is 29.0. The second-order valence-corrected chi connectivity index (χ2v) is 9.97. The van der Waals surface area contributed by atoms with E-state index >= 15 is 0 Å². The van der Waals surface area contributed by atoms with Crippen LogP contribution >= 0.6 is 0 Å². The summed E-state index contributed by atoms with van der Waals surface area (Å²) in [6.07, 6.45) is -3.16. The maximum absolute atomic E-state index is 14.0. The van der Waals surface area contributed by atoms with Crippen LogP contribution in [-0.4, -0.2) is 66.0 Å². The first kappa shape index (κ1) is 28.5. The molecule has 1 fully saturated rings. The number of hydrogen-bond acceptors (Lipinski definition) is 7. The van der Waals surface area contributed by atoms with Crippen LogP contribution in [0, 0.1) is 0 Å². The lowest BCUT2D eigenvalue weighted by Crippen LogP contribution is -2.44. The summed E-state index contributed by atoms with van der Waals surface area (Å²) < 4.78 is 53.0. The van der Waals surface area contributed by atoms with Crippen LogP contribution in [0.4, 0.5) is 18.9 Å². The number of benzene rings is 3. The number of carbonyl (C=O) groups excluding carboxylic acids is 1. The van der Waals surface area contributed by atoms with E-state index < -0.39 is 17.6 Å². The Hall–Kier alpha value is -4.06. The molecule has 1 aliphatic rings. The highest BCUT2D eigenvalue weighted by atomic mass is 19.4. The monoisotopic (exact) mass is 565 g/mol. The third kappa shape index (κ3) is 6.99. The molecule has 0 aliphatic carbocycles. The van der Waals surface area contributed by atoms with E-state index in [-0.39, 0.29) is 17.8 Å². The summed E-state index contributed by atoms with van der Waals surface area (Å²) in [6.45, 7) is 3.54. The lowest BCUT2D eigenvalue weighted by molar-refractivity contribution is -0.138. The lowest BCUT2D eigenvalue weighted by Gasteiger charge is -2.33. The summed E-state index contributed by atoms with van der Waals surface area (Å²) in [5.74, 6) is 0.337. The van der Waals surface area contributed by atoms with Gasteiger partial charge in [-0.1, -0.05) is 18.2 Å². The number of carbonyl (C=O) groups is 1. The van der Waals surface area contributed by atoms with Crippen LogP contribution < -0.4 is 10.1 Å². The molecule has 1 saturated heterocycles. The third-order valence-electron chi connectivity index (χ3n) is 6.97. The molecule has 4 aromatic rings. The fourth-order valence-corrected chi connectivity index (χ4v) is 4.80. The van der Waals surface area contributed by atoms with E-state index in [9.17, 15) is 18.0 Å². The van der Waals surface area contributed by atoms with Crippen molar-refractivity contribution in [1.29, 1.82) is 0 Å². The molecule has 11 heteroatoms. The molecular formula is C30H30F3N5O3. The van der Waals surface area contributed by atoms with Gasteiger partial charge in [0, 0.05) is 57.2 Å². The van der Waals surface area contributed by atoms with Gasteiger partial charge in [0.15, 0.2) is 0 Å². The van der Waals surface area contributed by atoms with Crippen molar-refractivity contribution < 1.29 is 27.4 Å².